The van der Waals surface area contributed by atoms with Gasteiger partial charge in [0.05, 0.1) is 6.04 Å². The van der Waals surface area contributed by atoms with E-state index in [1.54, 1.807) is 18.2 Å². The van der Waals surface area contributed by atoms with Crippen LogP contribution in [0, 0.1) is 0 Å². The molecule has 3 rings (SSSR count). The summed E-state index contributed by atoms with van der Waals surface area (Å²) in [6, 6.07) is 13.9. The molecule has 6 nitrogen and oxygen atoms in total. The number of hydrogen-bond acceptors (Lipinski definition) is 4. The second-order valence-electron chi connectivity index (χ2n) is 5.60. The molecule has 3 aromatic rings. The van der Waals surface area contributed by atoms with Crippen LogP contribution in [0.2, 0.25) is 0 Å². The molecule has 0 saturated carbocycles. The Balaban J connectivity index is 1.88. The van der Waals surface area contributed by atoms with Crippen LogP contribution < -0.4 is 16.8 Å². The van der Waals surface area contributed by atoms with Crippen LogP contribution in [-0.4, -0.2) is 17.9 Å². The summed E-state index contributed by atoms with van der Waals surface area (Å²) in [4.78, 5) is 24.1. The summed E-state index contributed by atoms with van der Waals surface area (Å²) in [7, 11) is 0. The molecule has 0 aliphatic rings. The number of rotatable bonds is 5. The van der Waals surface area contributed by atoms with E-state index in [2.05, 4.69) is 21.2 Å². The van der Waals surface area contributed by atoms with Crippen LogP contribution >= 0.6 is 15.9 Å². The maximum atomic E-state index is 12.5. The summed E-state index contributed by atoms with van der Waals surface area (Å²) in [5.74, 6) is -1.29. The number of benzene rings is 2. The summed E-state index contributed by atoms with van der Waals surface area (Å²) in [6.07, 6.45) is 0.373. The summed E-state index contributed by atoms with van der Waals surface area (Å²) in [6.45, 7) is 0. The van der Waals surface area contributed by atoms with Crippen molar-refractivity contribution in [3.8, 4) is 0 Å². The molecule has 0 radical (unpaired) electrons. The van der Waals surface area contributed by atoms with Crippen molar-refractivity contribution in [3.63, 3.8) is 0 Å². The molecule has 1 aromatic heterocycles. The van der Waals surface area contributed by atoms with Crippen molar-refractivity contribution in [2.24, 2.45) is 11.5 Å². The third kappa shape index (κ3) is 3.72. The van der Waals surface area contributed by atoms with Gasteiger partial charge in [-0.3, -0.25) is 9.59 Å². The monoisotopic (exact) mass is 401 g/mol. The Kier molecular flexibility index (Phi) is 4.87. The van der Waals surface area contributed by atoms with E-state index in [0.29, 0.717) is 17.4 Å². The highest BCUT2D eigenvalue weighted by molar-refractivity contribution is 9.10. The number of nitrogens with two attached hydrogens (primary N) is 2. The van der Waals surface area contributed by atoms with E-state index in [0.717, 1.165) is 10.0 Å². The molecule has 0 bridgehead atoms. The summed E-state index contributed by atoms with van der Waals surface area (Å²) >= 11 is 3.36. The molecule has 7 heteroatoms. The predicted molar refractivity (Wildman–Crippen MR) is 99.2 cm³/mol. The minimum absolute atomic E-state index is 0.103. The fraction of sp³-hybridized carbons (Fsp3) is 0.111. The zero-order chi connectivity index (χ0) is 18.0. The van der Waals surface area contributed by atoms with Gasteiger partial charge in [0, 0.05) is 9.86 Å². The van der Waals surface area contributed by atoms with Crippen molar-refractivity contribution in [2.45, 2.75) is 12.5 Å². The van der Waals surface area contributed by atoms with Crippen LogP contribution in [-0.2, 0) is 11.2 Å². The Labute approximate surface area is 152 Å². The van der Waals surface area contributed by atoms with Crippen LogP contribution in [0.1, 0.15) is 16.1 Å². The van der Waals surface area contributed by atoms with Crippen molar-refractivity contribution in [1.82, 2.24) is 0 Å². The summed E-state index contributed by atoms with van der Waals surface area (Å²) < 4.78 is 6.24. The first-order valence-corrected chi connectivity index (χ1v) is 8.37. The molecule has 1 atom stereocenters. The molecule has 0 saturated heterocycles. The number of nitrogens with one attached hydrogen (secondary N) is 1. The van der Waals surface area contributed by atoms with Crippen molar-refractivity contribution in [1.29, 1.82) is 0 Å². The van der Waals surface area contributed by atoms with E-state index in [9.17, 15) is 9.59 Å². The number of hydrogen-bond donors (Lipinski definition) is 3. The van der Waals surface area contributed by atoms with Gasteiger partial charge >= 0.3 is 0 Å². The third-order valence-corrected chi connectivity index (χ3v) is 4.25. The number of fused-ring (bicyclic) bond motifs is 1. The van der Waals surface area contributed by atoms with Crippen LogP contribution in [0.3, 0.4) is 0 Å². The molecular formula is C18H16BrN3O3. The average molecular weight is 402 g/mol. The van der Waals surface area contributed by atoms with Crippen molar-refractivity contribution < 1.29 is 14.0 Å². The van der Waals surface area contributed by atoms with E-state index >= 15 is 0 Å². The molecule has 25 heavy (non-hydrogen) atoms. The van der Waals surface area contributed by atoms with Gasteiger partial charge in [0.2, 0.25) is 11.7 Å². The zero-order valence-corrected chi connectivity index (χ0v) is 14.7. The minimum Gasteiger partial charge on any atom is -0.449 e. The van der Waals surface area contributed by atoms with Gasteiger partial charge in [-0.2, -0.15) is 0 Å². The lowest BCUT2D eigenvalue weighted by atomic mass is 10.1. The maximum Gasteiger partial charge on any atom is 0.286 e. The Morgan fingerprint density at radius 2 is 1.88 bits per heavy atom. The molecule has 128 valence electrons. The van der Waals surface area contributed by atoms with E-state index < -0.39 is 17.9 Å². The molecule has 0 spiro atoms. The highest BCUT2D eigenvalue weighted by Crippen LogP contribution is 2.33. The fourth-order valence-corrected chi connectivity index (χ4v) is 2.91. The van der Waals surface area contributed by atoms with Gasteiger partial charge in [0.25, 0.3) is 5.91 Å². The third-order valence-electron chi connectivity index (χ3n) is 3.76. The Hall–Kier alpha value is -2.64. The molecule has 0 fully saturated rings. The standard InChI is InChI=1S/C18H16BrN3O3/c19-11-6-7-14-12(9-11)15(16(25-14)17(21)23)22-18(24)13(20)8-10-4-2-1-3-5-10/h1-7,9,13H,8,20H2,(H2,21,23)(H,22,24). The molecule has 2 amide bonds. The summed E-state index contributed by atoms with van der Waals surface area (Å²) in [5, 5.41) is 3.26. The first-order chi connectivity index (χ1) is 12.0. The zero-order valence-electron chi connectivity index (χ0n) is 13.2. The second kappa shape index (κ2) is 7.08. The highest BCUT2D eigenvalue weighted by Gasteiger charge is 2.23. The molecular weight excluding hydrogens is 386 g/mol. The van der Waals surface area contributed by atoms with Crippen LogP contribution in [0.25, 0.3) is 11.0 Å². The number of carbonyl (C=O) groups is 2. The van der Waals surface area contributed by atoms with E-state index in [1.165, 1.54) is 0 Å². The second-order valence-corrected chi connectivity index (χ2v) is 6.51. The van der Waals surface area contributed by atoms with Crippen LogP contribution in [0.4, 0.5) is 5.69 Å². The molecule has 0 aliphatic heterocycles. The number of anilines is 1. The van der Waals surface area contributed by atoms with Crippen LogP contribution in [0.15, 0.2) is 57.4 Å². The van der Waals surface area contributed by atoms with E-state index in [1.807, 2.05) is 30.3 Å². The van der Waals surface area contributed by atoms with Gasteiger partial charge in [0.1, 0.15) is 11.3 Å². The number of furan rings is 1. The smallest absolute Gasteiger partial charge is 0.286 e. The number of primary amides is 1. The van der Waals surface area contributed by atoms with Crippen molar-refractivity contribution in [3.05, 3.63) is 64.3 Å². The normalized spacial score (nSPS) is 12.1. The van der Waals surface area contributed by atoms with Gasteiger partial charge in [-0.1, -0.05) is 46.3 Å². The van der Waals surface area contributed by atoms with E-state index in [4.69, 9.17) is 15.9 Å². The molecule has 1 unspecified atom stereocenters. The number of carbonyl (C=O) groups excluding carboxylic acids is 2. The van der Waals surface area contributed by atoms with Gasteiger partial charge < -0.3 is 21.2 Å². The lowest BCUT2D eigenvalue weighted by molar-refractivity contribution is -0.117. The molecule has 5 N–H and O–H groups in total. The quantitative estimate of drug-likeness (QED) is 0.609. The fourth-order valence-electron chi connectivity index (χ4n) is 2.54. The largest absolute Gasteiger partial charge is 0.449 e. The Bertz CT molecular complexity index is 937. The Morgan fingerprint density at radius 3 is 2.56 bits per heavy atom. The Morgan fingerprint density at radius 1 is 1.16 bits per heavy atom. The lowest BCUT2D eigenvalue weighted by Crippen LogP contribution is -2.37. The molecule has 0 aliphatic carbocycles. The highest BCUT2D eigenvalue weighted by atomic mass is 79.9. The SMILES string of the molecule is NC(=O)c1oc2ccc(Br)cc2c1NC(=O)C(N)Cc1ccccc1. The minimum atomic E-state index is -0.778. The van der Waals surface area contributed by atoms with Crippen molar-refractivity contribution in [2.75, 3.05) is 5.32 Å². The van der Waals surface area contributed by atoms with Gasteiger partial charge in [0.15, 0.2) is 0 Å². The van der Waals surface area contributed by atoms with E-state index in [-0.39, 0.29) is 11.4 Å². The first kappa shape index (κ1) is 17.2. The number of halogens is 1. The average Bonchev–Trinajstić information content (AvgIpc) is 2.94. The maximum absolute atomic E-state index is 12.5. The number of amides is 2. The van der Waals surface area contributed by atoms with Gasteiger partial charge in [-0.25, -0.2) is 0 Å². The van der Waals surface area contributed by atoms with Gasteiger partial charge in [-0.05, 0) is 30.2 Å². The summed E-state index contributed by atoms with van der Waals surface area (Å²) in [5.41, 5.74) is 13.0. The first-order valence-electron chi connectivity index (χ1n) is 7.58. The van der Waals surface area contributed by atoms with Crippen molar-refractivity contribution >= 4 is 44.4 Å². The lowest BCUT2D eigenvalue weighted by Gasteiger charge is -2.12. The topological polar surface area (TPSA) is 111 Å². The molecule has 2 aromatic carbocycles. The van der Waals surface area contributed by atoms with Crippen LogP contribution in [0.5, 0.6) is 0 Å². The van der Waals surface area contributed by atoms with Gasteiger partial charge in [-0.15, -0.1) is 0 Å². The molecule has 1 heterocycles. The predicted octanol–water partition coefficient (Wildman–Crippen LogP) is 2.80.